The second-order valence-corrected chi connectivity index (χ2v) is 9.32. The third kappa shape index (κ3) is 3.79. The zero-order valence-electron chi connectivity index (χ0n) is 19.3. The largest absolute Gasteiger partial charge is 0.495 e. The highest BCUT2D eigenvalue weighted by Gasteiger charge is 2.47. The Morgan fingerprint density at radius 3 is 2.67 bits per heavy atom. The van der Waals surface area contributed by atoms with Gasteiger partial charge in [-0.3, -0.25) is 4.79 Å². The van der Waals surface area contributed by atoms with Crippen molar-refractivity contribution in [1.29, 1.82) is 0 Å². The van der Waals surface area contributed by atoms with Crippen molar-refractivity contribution in [2.75, 3.05) is 24.3 Å². The molecule has 36 heavy (non-hydrogen) atoms. The molecule has 0 radical (unpaired) electrons. The number of alkyl halides is 3. The smallest absolute Gasteiger partial charge is 0.421 e. The Labute approximate surface area is 204 Å². The summed E-state index contributed by atoms with van der Waals surface area (Å²) in [4.78, 5) is 20.3. The molecule has 0 unspecified atom stereocenters. The molecular formula is C25H23F3N6O2. The Hall–Kier alpha value is -3.86. The topological polar surface area (TPSA) is 100 Å². The molecule has 0 saturated heterocycles. The number of carbonyl (C=O) groups is 1. The number of hydrogen-bond donors (Lipinski definition) is 4. The third-order valence-electron chi connectivity index (χ3n) is 7.04. The number of amides is 1. The van der Waals surface area contributed by atoms with Gasteiger partial charge < -0.3 is 26.0 Å². The van der Waals surface area contributed by atoms with E-state index in [2.05, 4.69) is 31.2 Å². The number of nitrogens with zero attached hydrogens (tertiary/aromatic N) is 2. The second-order valence-electron chi connectivity index (χ2n) is 9.32. The van der Waals surface area contributed by atoms with Crippen LogP contribution in [0.5, 0.6) is 5.75 Å². The van der Waals surface area contributed by atoms with E-state index in [1.165, 1.54) is 5.56 Å². The summed E-state index contributed by atoms with van der Waals surface area (Å²) in [5.74, 6) is -0.276. The van der Waals surface area contributed by atoms with Crippen LogP contribution in [-0.4, -0.2) is 29.5 Å². The van der Waals surface area contributed by atoms with E-state index in [0.717, 1.165) is 31.1 Å². The lowest BCUT2D eigenvalue weighted by Crippen LogP contribution is -2.33. The molecule has 1 spiro atoms. The summed E-state index contributed by atoms with van der Waals surface area (Å²) in [6, 6.07) is 8.91. The van der Waals surface area contributed by atoms with Crippen molar-refractivity contribution in [2.24, 2.45) is 0 Å². The fourth-order valence-electron chi connectivity index (χ4n) is 5.04. The highest BCUT2D eigenvalue weighted by Crippen LogP contribution is 2.52. The zero-order chi connectivity index (χ0) is 25.1. The Bertz CT molecular complexity index is 1390. The van der Waals surface area contributed by atoms with Gasteiger partial charge in [-0.1, -0.05) is 12.1 Å². The number of aromatic nitrogens is 2. The van der Waals surface area contributed by atoms with E-state index in [1.807, 2.05) is 12.1 Å². The highest BCUT2D eigenvalue weighted by atomic mass is 19.4. The molecule has 3 aliphatic rings. The van der Waals surface area contributed by atoms with Crippen LogP contribution in [-0.2, 0) is 24.7 Å². The SMILES string of the molecule is COc1cc2c(cc1Nc1ncc(C(F)(F)F)c(Nc3cccc4c3C(=O)NC4)n1)CNCC21CC1. The third-order valence-corrected chi connectivity index (χ3v) is 7.04. The van der Waals surface area contributed by atoms with E-state index in [9.17, 15) is 18.0 Å². The average Bonchev–Trinajstić information content (AvgIpc) is 3.51. The molecule has 1 amide bonds. The van der Waals surface area contributed by atoms with E-state index in [0.29, 0.717) is 35.7 Å². The number of anilines is 4. The fraction of sp³-hybridized carbons (Fsp3) is 0.320. The number of nitrogens with one attached hydrogen (secondary N) is 4. The maximum atomic E-state index is 13.8. The molecule has 0 bridgehead atoms. The van der Waals surface area contributed by atoms with Gasteiger partial charge in [-0.25, -0.2) is 4.98 Å². The van der Waals surface area contributed by atoms with Crippen LogP contribution in [0.1, 0.15) is 45.5 Å². The van der Waals surface area contributed by atoms with Gasteiger partial charge in [-0.2, -0.15) is 18.2 Å². The molecule has 186 valence electrons. The van der Waals surface area contributed by atoms with Crippen molar-refractivity contribution >= 4 is 29.0 Å². The maximum Gasteiger partial charge on any atom is 0.421 e. The van der Waals surface area contributed by atoms with Gasteiger partial charge in [0.2, 0.25) is 5.95 Å². The molecule has 8 nitrogen and oxygen atoms in total. The Morgan fingerprint density at radius 1 is 1.08 bits per heavy atom. The molecule has 2 aromatic carbocycles. The van der Waals surface area contributed by atoms with Crippen molar-refractivity contribution < 1.29 is 22.7 Å². The molecule has 1 aromatic heterocycles. The van der Waals surface area contributed by atoms with Crippen LogP contribution < -0.4 is 26.0 Å². The Kier molecular flexibility index (Phi) is 5.08. The lowest BCUT2D eigenvalue weighted by Gasteiger charge is -2.28. The first kappa shape index (κ1) is 22.6. The number of fused-ring (bicyclic) bond motifs is 3. The Morgan fingerprint density at radius 2 is 1.92 bits per heavy atom. The first-order chi connectivity index (χ1) is 17.3. The molecule has 6 rings (SSSR count). The van der Waals surface area contributed by atoms with Gasteiger partial charge in [-0.15, -0.1) is 0 Å². The molecule has 11 heteroatoms. The summed E-state index contributed by atoms with van der Waals surface area (Å²) < 4.78 is 47.0. The molecular weight excluding hydrogens is 473 g/mol. The van der Waals surface area contributed by atoms with Gasteiger partial charge in [0.1, 0.15) is 17.1 Å². The van der Waals surface area contributed by atoms with E-state index < -0.39 is 17.6 Å². The predicted octanol–water partition coefficient (Wildman–Crippen LogP) is 4.37. The van der Waals surface area contributed by atoms with Crippen molar-refractivity contribution in [3.05, 3.63) is 64.3 Å². The molecule has 2 aliphatic heterocycles. The van der Waals surface area contributed by atoms with Crippen LogP contribution in [0.2, 0.25) is 0 Å². The van der Waals surface area contributed by atoms with Crippen molar-refractivity contribution in [2.45, 2.75) is 37.5 Å². The minimum Gasteiger partial charge on any atom is -0.495 e. The van der Waals surface area contributed by atoms with Gasteiger partial charge in [0.15, 0.2) is 0 Å². The van der Waals surface area contributed by atoms with Gasteiger partial charge in [0.05, 0.1) is 24.0 Å². The monoisotopic (exact) mass is 496 g/mol. The number of benzene rings is 2. The summed E-state index contributed by atoms with van der Waals surface area (Å²) in [6.45, 7) is 1.94. The predicted molar refractivity (Wildman–Crippen MR) is 127 cm³/mol. The number of hydrogen-bond acceptors (Lipinski definition) is 7. The molecule has 3 aromatic rings. The van der Waals surface area contributed by atoms with Crippen LogP contribution in [0.3, 0.4) is 0 Å². The normalized spacial score (nSPS) is 17.3. The number of methoxy groups -OCH3 is 1. The second kappa shape index (κ2) is 8.09. The van der Waals surface area contributed by atoms with Gasteiger partial charge >= 0.3 is 6.18 Å². The first-order valence-electron chi connectivity index (χ1n) is 11.6. The number of ether oxygens (including phenoxy) is 1. The van der Waals surface area contributed by atoms with E-state index in [1.54, 1.807) is 25.3 Å². The number of halogens is 3. The van der Waals surface area contributed by atoms with E-state index in [-0.39, 0.29) is 23.0 Å². The van der Waals surface area contributed by atoms with Crippen LogP contribution in [0.25, 0.3) is 0 Å². The zero-order valence-corrected chi connectivity index (χ0v) is 19.3. The van der Waals surface area contributed by atoms with Gasteiger partial charge in [0.25, 0.3) is 5.91 Å². The lowest BCUT2D eigenvalue weighted by atomic mass is 9.87. The molecule has 4 N–H and O–H groups in total. The van der Waals surface area contributed by atoms with Gasteiger partial charge in [0, 0.05) is 31.2 Å². The number of rotatable bonds is 5. The molecule has 0 atom stereocenters. The van der Waals surface area contributed by atoms with Crippen LogP contribution >= 0.6 is 0 Å². The summed E-state index contributed by atoms with van der Waals surface area (Å²) in [5.41, 5.74) is 3.26. The molecule has 3 heterocycles. The maximum absolute atomic E-state index is 13.8. The first-order valence-corrected chi connectivity index (χ1v) is 11.6. The highest BCUT2D eigenvalue weighted by molar-refractivity contribution is 6.04. The van der Waals surface area contributed by atoms with Crippen LogP contribution in [0.4, 0.5) is 36.3 Å². The van der Waals surface area contributed by atoms with Crippen molar-refractivity contribution in [3.8, 4) is 5.75 Å². The average molecular weight is 496 g/mol. The summed E-state index contributed by atoms with van der Waals surface area (Å²) in [5, 5.41) is 11.9. The van der Waals surface area contributed by atoms with E-state index in [4.69, 9.17) is 4.74 Å². The minimum absolute atomic E-state index is 0.0364. The fourth-order valence-corrected chi connectivity index (χ4v) is 5.04. The Balaban J connectivity index is 1.37. The minimum atomic E-state index is -4.70. The van der Waals surface area contributed by atoms with E-state index >= 15 is 0 Å². The molecule has 1 saturated carbocycles. The van der Waals surface area contributed by atoms with Crippen LogP contribution in [0, 0.1) is 0 Å². The summed E-state index contributed by atoms with van der Waals surface area (Å²) >= 11 is 0. The van der Waals surface area contributed by atoms with Crippen LogP contribution in [0.15, 0.2) is 36.5 Å². The van der Waals surface area contributed by atoms with Crippen molar-refractivity contribution in [3.63, 3.8) is 0 Å². The van der Waals surface area contributed by atoms with Gasteiger partial charge in [-0.05, 0) is 47.7 Å². The standard InChI is InChI=1S/C25H23F3N6O2/c1-36-19-8-15-14(9-29-12-24(15)5-6-24)7-18(19)33-23-31-11-16(25(26,27)28)21(34-23)32-17-4-2-3-13-10-30-22(35)20(13)17/h2-4,7-8,11,29H,5-6,9-10,12H2,1H3,(H,30,35)(H2,31,32,33,34). The number of carbonyl (C=O) groups excluding carboxylic acids is 1. The summed E-state index contributed by atoms with van der Waals surface area (Å²) in [6.07, 6.45) is -1.75. The van der Waals surface area contributed by atoms with Crippen molar-refractivity contribution in [1.82, 2.24) is 20.6 Å². The molecule has 1 aliphatic carbocycles. The quantitative estimate of drug-likeness (QED) is 0.416. The molecule has 1 fully saturated rings. The lowest BCUT2D eigenvalue weighted by molar-refractivity contribution is -0.137. The summed E-state index contributed by atoms with van der Waals surface area (Å²) in [7, 11) is 1.55.